The number of carboxylic acid groups (broad SMARTS) is 1. The minimum atomic E-state index is -0.918. The fourth-order valence-electron chi connectivity index (χ4n) is 3.16. The number of nitrogens with one attached hydrogen (secondary N) is 2. The largest absolute Gasteiger partial charge is 0.481 e. The highest BCUT2D eigenvalue weighted by atomic mass is 16.5. The predicted molar refractivity (Wildman–Crippen MR) is 92.6 cm³/mol. The first-order chi connectivity index (χ1) is 11.9. The van der Waals surface area contributed by atoms with Gasteiger partial charge in [-0.25, -0.2) is 0 Å². The molecular formula is C18H26N2O5. The Morgan fingerprint density at radius 2 is 2.00 bits per heavy atom. The zero-order valence-electron chi connectivity index (χ0n) is 14.7. The van der Waals surface area contributed by atoms with Gasteiger partial charge < -0.3 is 20.1 Å². The number of aromatic amines is 1. The van der Waals surface area contributed by atoms with Crippen molar-refractivity contribution in [2.75, 3.05) is 19.8 Å². The SMILES string of the molecule is CC(C)Cc1cc(C(=O)NCC(C(=O)O)C2CCOCC2)cc(=O)[nH]1. The van der Waals surface area contributed by atoms with Crippen molar-refractivity contribution < 1.29 is 19.4 Å². The van der Waals surface area contributed by atoms with E-state index in [1.165, 1.54) is 6.07 Å². The van der Waals surface area contributed by atoms with Crippen molar-refractivity contribution in [2.45, 2.75) is 33.1 Å². The average Bonchev–Trinajstić information content (AvgIpc) is 2.54. The van der Waals surface area contributed by atoms with E-state index < -0.39 is 17.8 Å². The molecule has 7 nitrogen and oxygen atoms in total. The zero-order valence-corrected chi connectivity index (χ0v) is 14.7. The normalized spacial score (nSPS) is 16.6. The van der Waals surface area contributed by atoms with Crippen molar-refractivity contribution in [2.24, 2.45) is 17.8 Å². The van der Waals surface area contributed by atoms with Crippen LogP contribution in [0.1, 0.15) is 42.7 Å². The van der Waals surface area contributed by atoms with Crippen LogP contribution in [0, 0.1) is 17.8 Å². The van der Waals surface area contributed by atoms with Gasteiger partial charge in [0.05, 0.1) is 5.92 Å². The Balaban J connectivity index is 2.04. The van der Waals surface area contributed by atoms with E-state index in [9.17, 15) is 19.5 Å². The average molecular weight is 350 g/mol. The molecule has 1 aliphatic heterocycles. The molecule has 138 valence electrons. The van der Waals surface area contributed by atoms with Gasteiger partial charge in [-0.3, -0.25) is 14.4 Å². The molecule has 3 N–H and O–H groups in total. The van der Waals surface area contributed by atoms with Crippen LogP contribution < -0.4 is 10.9 Å². The van der Waals surface area contributed by atoms with E-state index in [-0.39, 0.29) is 23.6 Å². The van der Waals surface area contributed by atoms with Gasteiger partial charge in [-0.1, -0.05) is 13.8 Å². The number of ether oxygens (including phenoxy) is 1. The first kappa shape index (κ1) is 19.2. The van der Waals surface area contributed by atoms with Gasteiger partial charge in [-0.05, 0) is 37.2 Å². The number of H-pyrrole nitrogens is 1. The van der Waals surface area contributed by atoms with Gasteiger partial charge in [-0.2, -0.15) is 0 Å². The number of pyridine rings is 1. The summed E-state index contributed by atoms with van der Waals surface area (Å²) in [6.45, 7) is 5.20. The number of carbonyl (C=O) groups excluding carboxylic acids is 1. The molecule has 1 aromatic rings. The van der Waals surface area contributed by atoms with E-state index in [4.69, 9.17) is 4.74 Å². The van der Waals surface area contributed by atoms with Crippen LogP contribution in [-0.2, 0) is 16.0 Å². The Kier molecular flexibility index (Phi) is 6.75. The standard InChI is InChI=1S/C18H26N2O5/c1-11(2)7-14-8-13(9-16(21)20-14)17(22)19-10-15(18(23)24)12-3-5-25-6-4-12/h8-9,11-12,15H,3-7,10H2,1-2H3,(H,19,22)(H,20,21)(H,23,24). The van der Waals surface area contributed by atoms with Crippen molar-refractivity contribution >= 4 is 11.9 Å². The van der Waals surface area contributed by atoms with Crippen LogP contribution in [0.3, 0.4) is 0 Å². The third kappa shape index (κ3) is 5.70. The van der Waals surface area contributed by atoms with Crippen LogP contribution in [0.2, 0.25) is 0 Å². The Morgan fingerprint density at radius 3 is 2.60 bits per heavy atom. The molecule has 0 aromatic carbocycles. The molecule has 0 spiro atoms. The minimum absolute atomic E-state index is 0.0118. The first-order valence-corrected chi connectivity index (χ1v) is 8.68. The Morgan fingerprint density at radius 1 is 1.32 bits per heavy atom. The van der Waals surface area contributed by atoms with Gasteiger partial charge in [0.25, 0.3) is 5.91 Å². The number of carbonyl (C=O) groups is 2. The summed E-state index contributed by atoms with van der Waals surface area (Å²) < 4.78 is 5.26. The highest BCUT2D eigenvalue weighted by molar-refractivity contribution is 5.94. The fraction of sp³-hybridized carbons (Fsp3) is 0.611. The van der Waals surface area contributed by atoms with Crippen LogP contribution >= 0.6 is 0 Å². The van der Waals surface area contributed by atoms with Crippen LogP contribution in [0.4, 0.5) is 0 Å². The Labute approximate surface area is 146 Å². The minimum Gasteiger partial charge on any atom is -0.481 e. The third-order valence-corrected chi connectivity index (χ3v) is 4.43. The molecule has 1 unspecified atom stereocenters. The van der Waals surface area contributed by atoms with E-state index in [2.05, 4.69) is 10.3 Å². The Hall–Kier alpha value is -2.15. The monoisotopic (exact) mass is 350 g/mol. The molecule has 2 rings (SSSR count). The lowest BCUT2D eigenvalue weighted by atomic mass is 9.86. The highest BCUT2D eigenvalue weighted by Gasteiger charge is 2.30. The number of aromatic nitrogens is 1. The summed E-state index contributed by atoms with van der Waals surface area (Å²) in [7, 11) is 0. The molecule has 2 heterocycles. The number of hydrogen-bond acceptors (Lipinski definition) is 4. The second-order valence-electron chi connectivity index (χ2n) is 6.96. The van der Waals surface area contributed by atoms with Crippen molar-refractivity contribution in [1.82, 2.24) is 10.3 Å². The smallest absolute Gasteiger partial charge is 0.308 e. The first-order valence-electron chi connectivity index (χ1n) is 8.68. The maximum Gasteiger partial charge on any atom is 0.308 e. The number of amides is 1. The van der Waals surface area contributed by atoms with Crippen molar-refractivity contribution in [3.63, 3.8) is 0 Å². The lowest BCUT2D eigenvalue weighted by Crippen LogP contribution is -2.39. The number of aliphatic carboxylic acids is 1. The quantitative estimate of drug-likeness (QED) is 0.689. The molecule has 1 aromatic heterocycles. The van der Waals surface area contributed by atoms with Crippen LogP contribution in [-0.4, -0.2) is 41.7 Å². The fourth-order valence-corrected chi connectivity index (χ4v) is 3.16. The third-order valence-electron chi connectivity index (χ3n) is 4.43. The van der Waals surface area contributed by atoms with Gasteiger partial charge in [0.1, 0.15) is 0 Å². The zero-order chi connectivity index (χ0) is 18.4. The predicted octanol–water partition coefficient (Wildman–Crippen LogP) is 1.43. The van der Waals surface area contributed by atoms with Crippen LogP contribution in [0.25, 0.3) is 0 Å². The summed E-state index contributed by atoms with van der Waals surface area (Å²) in [5, 5.41) is 12.1. The van der Waals surface area contributed by atoms with Gasteiger partial charge >= 0.3 is 5.97 Å². The van der Waals surface area contributed by atoms with Gasteiger partial charge in [-0.15, -0.1) is 0 Å². The molecule has 0 aliphatic carbocycles. The molecule has 1 amide bonds. The second kappa shape index (κ2) is 8.80. The van der Waals surface area contributed by atoms with Crippen LogP contribution in [0.15, 0.2) is 16.9 Å². The highest BCUT2D eigenvalue weighted by Crippen LogP contribution is 2.23. The van der Waals surface area contributed by atoms with Gasteiger partial charge in [0.2, 0.25) is 5.56 Å². The molecule has 1 saturated heterocycles. The van der Waals surface area contributed by atoms with Crippen molar-refractivity contribution in [1.29, 1.82) is 0 Å². The summed E-state index contributed by atoms with van der Waals surface area (Å²) in [4.78, 5) is 38.4. The van der Waals surface area contributed by atoms with Gasteiger partial charge in [0.15, 0.2) is 0 Å². The van der Waals surface area contributed by atoms with Crippen molar-refractivity contribution in [3.8, 4) is 0 Å². The van der Waals surface area contributed by atoms with E-state index in [1.54, 1.807) is 6.07 Å². The number of carboxylic acids is 1. The summed E-state index contributed by atoms with van der Waals surface area (Å²) in [5.41, 5.74) is 0.630. The molecule has 1 atom stereocenters. The molecule has 0 bridgehead atoms. The van der Waals surface area contributed by atoms with E-state index in [0.717, 1.165) is 0 Å². The maximum absolute atomic E-state index is 12.4. The summed E-state index contributed by atoms with van der Waals surface area (Å²) in [6.07, 6.45) is 2.02. The summed E-state index contributed by atoms with van der Waals surface area (Å²) in [6, 6.07) is 2.89. The topological polar surface area (TPSA) is 108 Å². The molecule has 1 aliphatic rings. The summed E-state index contributed by atoms with van der Waals surface area (Å²) in [5.74, 6) is -1.65. The molecule has 0 saturated carbocycles. The molecule has 7 heteroatoms. The van der Waals surface area contributed by atoms with Gasteiger partial charge in [0, 0.05) is 37.1 Å². The Bertz CT molecular complexity index is 662. The van der Waals surface area contributed by atoms with Crippen LogP contribution in [0.5, 0.6) is 0 Å². The molecule has 0 radical (unpaired) electrons. The summed E-state index contributed by atoms with van der Waals surface area (Å²) >= 11 is 0. The van der Waals surface area contributed by atoms with E-state index in [0.29, 0.717) is 44.1 Å². The lowest BCUT2D eigenvalue weighted by molar-refractivity contribution is -0.144. The molecule has 25 heavy (non-hydrogen) atoms. The molecular weight excluding hydrogens is 324 g/mol. The van der Waals surface area contributed by atoms with E-state index in [1.807, 2.05) is 13.8 Å². The van der Waals surface area contributed by atoms with Crippen molar-refractivity contribution in [3.05, 3.63) is 33.7 Å². The lowest BCUT2D eigenvalue weighted by Gasteiger charge is -2.27. The second-order valence-corrected chi connectivity index (χ2v) is 6.96. The number of rotatable bonds is 7. The van der Waals surface area contributed by atoms with E-state index >= 15 is 0 Å². The molecule has 1 fully saturated rings. The number of hydrogen-bond donors (Lipinski definition) is 3. The maximum atomic E-state index is 12.4.